The van der Waals surface area contributed by atoms with Crippen LogP contribution < -0.4 is 9.47 Å². The third-order valence-electron chi connectivity index (χ3n) is 2.02. The lowest BCUT2D eigenvalue weighted by Crippen LogP contribution is -2.13. The standard InChI is InChI=1S/C13H16O4/c1-4-16-13(14)10(2)9-17-12-7-5-6-11(8-12)15-3/h5-8H,2,4,9H2,1,3H3. The smallest absolute Gasteiger partial charge is 0.336 e. The van der Waals surface area contributed by atoms with Gasteiger partial charge >= 0.3 is 5.97 Å². The second-order valence-electron chi connectivity index (χ2n) is 3.29. The highest BCUT2D eigenvalue weighted by molar-refractivity contribution is 5.88. The van der Waals surface area contributed by atoms with Crippen molar-refractivity contribution in [2.24, 2.45) is 0 Å². The quantitative estimate of drug-likeness (QED) is 0.561. The lowest BCUT2D eigenvalue weighted by molar-refractivity contribution is -0.138. The van der Waals surface area contributed by atoms with Crippen LogP contribution in [0.15, 0.2) is 36.4 Å². The molecule has 0 aliphatic heterocycles. The Kier molecular flexibility index (Phi) is 5.07. The van der Waals surface area contributed by atoms with Gasteiger partial charge in [-0.05, 0) is 19.1 Å². The average molecular weight is 236 g/mol. The fourth-order valence-corrected chi connectivity index (χ4v) is 1.15. The monoisotopic (exact) mass is 236 g/mol. The molecule has 0 radical (unpaired) electrons. The molecule has 0 aliphatic carbocycles. The van der Waals surface area contributed by atoms with Crippen LogP contribution in [0.5, 0.6) is 11.5 Å². The van der Waals surface area contributed by atoms with E-state index in [0.717, 1.165) is 0 Å². The van der Waals surface area contributed by atoms with E-state index in [9.17, 15) is 4.79 Å². The van der Waals surface area contributed by atoms with Crippen molar-refractivity contribution in [2.75, 3.05) is 20.3 Å². The van der Waals surface area contributed by atoms with Crippen LogP contribution in [0.1, 0.15) is 6.92 Å². The van der Waals surface area contributed by atoms with Crippen molar-refractivity contribution in [2.45, 2.75) is 6.92 Å². The van der Waals surface area contributed by atoms with Crippen molar-refractivity contribution in [3.05, 3.63) is 36.4 Å². The second kappa shape index (κ2) is 6.58. The number of carbonyl (C=O) groups excluding carboxylic acids is 1. The number of methoxy groups -OCH3 is 1. The van der Waals surface area contributed by atoms with Crippen LogP contribution >= 0.6 is 0 Å². The summed E-state index contributed by atoms with van der Waals surface area (Å²) in [6.07, 6.45) is 0. The molecule has 92 valence electrons. The number of hydrogen-bond donors (Lipinski definition) is 0. The minimum absolute atomic E-state index is 0.103. The van der Waals surface area contributed by atoms with Gasteiger partial charge in [0.25, 0.3) is 0 Å². The van der Waals surface area contributed by atoms with Gasteiger partial charge in [-0.1, -0.05) is 12.6 Å². The molecule has 0 saturated heterocycles. The SMILES string of the molecule is C=C(COc1cccc(OC)c1)C(=O)OCC. The van der Waals surface area contributed by atoms with Gasteiger partial charge in [-0.25, -0.2) is 4.79 Å². The molecule has 0 atom stereocenters. The van der Waals surface area contributed by atoms with E-state index in [1.807, 2.05) is 6.07 Å². The van der Waals surface area contributed by atoms with E-state index in [2.05, 4.69) is 6.58 Å². The molecule has 4 nitrogen and oxygen atoms in total. The zero-order chi connectivity index (χ0) is 12.7. The first kappa shape index (κ1) is 13.1. The van der Waals surface area contributed by atoms with Gasteiger partial charge < -0.3 is 14.2 Å². The number of ether oxygens (including phenoxy) is 3. The predicted molar refractivity (Wildman–Crippen MR) is 64.3 cm³/mol. The van der Waals surface area contributed by atoms with Crippen LogP contribution in [-0.2, 0) is 9.53 Å². The number of carbonyl (C=O) groups is 1. The Morgan fingerprint density at radius 3 is 2.71 bits per heavy atom. The second-order valence-corrected chi connectivity index (χ2v) is 3.29. The van der Waals surface area contributed by atoms with Crippen molar-refractivity contribution in [1.29, 1.82) is 0 Å². The minimum Gasteiger partial charge on any atom is -0.497 e. The number of rotatable bonds is 6. The topological polar surface area (TPSA) is 44.8 Å². The van der Waals surface area contributed by atoms with Crippen LogP contribution in [0.2, 0.25) is 0 Å². The van der Waals surface area contributed by atoms with Crippen molar-refractivity contribution < 1.29 is 19.0 Å². The molecule has 17 heavy (non-hydrogen) atoms. The van der Waals surface area contributed by atoms with E-state index in [-0.39, 0.29) is 12.2 Å². The zero-order valence-electron chi connectivity index (χ0n) is 10.1. The van der Waals surface area contributed by atoms with Crippen LogP contribution in [0.4, 0.5) is 0 Å². The van der Waals surface area contributed by atoms with Crippen LogP contribution in [0.3, 0.4) is 0 Å². The van der Waals surface area contributed by atoms with Gasteiger partial charge in [0.05, 0.1) is 19.3 Å². The first-order chi connectivity index (χ1) is 8.17. The largest absolute Gasteiger partial charge is 0.497 e. The first-order valence-electron chi connectivity index (χ1n) is 5.29. The van der Waals surface area contributed by atoms with Gasteiger partial charge in [0.2, 0.25) is 0 Å². The summed E-state index contributed by atoms with van der Waals surface area (Å²) in [5.41, 5.74) is 0.287. The maximum Gasteiger partial charge on any atom is 0.336 e. The van der Waals surface area contributed by atoms with Crippen LogP contribution in [0, 0.1) is 0 Å². The Morgan fingerprint density at radius 2 is 2.06 bits per heavy atom. The molecule has 1 aromatic rings. The molecular formula is C13H16O4. The summed E-state index contributed by atoms with van der Waals surface area (Å²) in [7, 11) is 1.58. The Hall–Kier alpha value is -1.97. The summed E-state index contributed by atoms with van der Waals surface area (Å²) in [5, 5.41) is 0. The number of hydrogen-bond acceptors (Lipinski definition) is 4. The van der Waals surface area contributed by atoms with Crippen molar-refractivity contribution in [3.63, 3.8) is 0 Å². The molecule has 0 heterocycles. The van der Waals surface area contributed by atoms with Crippen LogP contribution in [-0.4, -0.2) is 26.3 Å². The molecule has 0 bridgehead atoms. The van der Waals surface area contributed by atoms with Crippen molar-refractivity contribution in [3.8, 4) is 11.5 Å². The maximum absolute atomic E-state index is 11.3. The highest BCUT2D eigenvalue weighted by Crippen LogP contribution is 2.19. The molecule has 0 aromatic heterocycles. The molecule has 0 amide bonds. The third-order valence-corrected chi connectivity index (χ3v) is 2.02. The van der Waals surface area contributed by atoms with Gasteiger partial charge in [-0.15, -0.1) is 0 Å². The summed E-state index contributed by atoms with van der Waals surface area (Å²) in [6, 6.07) is 7.13. The summed E-state index contributed by atoms with van der Waals surface area (Å²) < 4.78 is 15.2. The highest BCUT2D eigenvalue weighted by Gasteiger charge is 2.08. The molecule has 0 unspecified atom stereocenters. The van der Waals surface area contributed by atoms with E-state index in [4.69, 9.17) is 14.2 Å². The lowest BCUT2D eigenvalue weighted by Gasteiger charge is -2.09. The van der Waals surface area contributed by atoms with E-state index >= 15 is 0 Å². The molecule has 0 spiro atoms. The molecule has 1 rings (SSSR count). The van der Waals surface area contributed by atoms with Gasteiger partial charge in [-0.2, -0.15) is 0 Å². The molecule has 4 heteroatoms. The minimum atomic E-state index is -0.435. The van der Waals surface area contributed by atoms with E-state index in [1.165, 1.54) is 0 Å². The van der Waals surface area contributed by atoms with Crippen molar-refractivity contribution in [1.82, 2.24) is 0 Å². The molecule has 0 N–H and O–H groups in total. The number of esters is 1. The maximum atomic E-state index is 11.3. The van der Waals surface area contributed by atoms with Gasteiger partial charge in [-0.3, -0.25) is 0 Å². The van der Waals surface area contributed by atoms with Gasteiger partial charge in [0, 0.05) is 6.07 Å². The molecular weight excluding hydrogens is 220 g/mol. The molecule has 0 aliphatic rings. The Bertz CT molecular complexity index is 398. The summed E-state index contributed by atoms with van der Waals surface area (Å²) in [5.74, 6) is 0.884. The normalized spacial score (nSPS) is 9.53. The number of benzene rings is 1. The summed E-state index contributed by atoms with van der Waals surface area (Å²) >= 11 is 0. The van der Waals surface area contributed by atoms with Crippen molar-refractivity contribution >= 4 is 5.97 Å². The zero-order valence-corrected chi connectivity index (χ0v) is 10.1. The third kappa shape index (κ3) is 4.18. The highest BCUT2D eigenvalue weighted by atomic mass is 16.5. The fraction of sp³-hybridized carbons (Fsp3) is 0.308. The lowest BCUT2D eigenvalue weighted by atomic mass is 10.3. The van der Waals surface area contributed by atoms with E-state index in [1.54, 1.807) is 32.2 Å². The Labute approximate surface area is 101 Å². The summed E-state index contributed by atoms with van der Waals surface area (Å²) in [6.45, 7) is 5.78. The molecule has 0 saturated carbocycles. The Morgan fingerprint density at radius 1 is 1.35 bits per heavy atom. The van der Waals surface area contributed by atoms with Gasteiger partial charge in [0.1, 0.15) is 18.1 Å². The fourth-order valence-electron chi connectivity index (χ4n) is 1.15. The molecule has 0 fully saturated rings. The Balaban J connectivity index is 2.49. The predicted octanol–water partition coefficient (Wildman–Crippen LogP) is 2.19. The van der Waals surface area contributed by atoms with Crippen LogP contribution in [0.25, 0.3) is 0 Å². The summed E-state index contributed by atoms with van der Waals surface area (Å²) in [4.78, 5) is 11.3. The van der Waals surface area contributed by atoms with E-state index in [0.29, 0.717) is 18.1 Å². The first-order valence-corrected chi connectivity index (χ1v) is 5.29. The van der Waals surface area contributed by atoms with E-state index < -0.39 is 5.97 Å². The average Bonchev–Trinajstić information content (AvgIpc) is 2.36. The van der Waals surface area contributed by atoms with Gasteiger partial charge in [0.15, 0.2) is 0 Å². The molecule has 1 aromatic carbocycles.